The van der Waals surface area contributed by atoms with Crippen molar-refractivity contribution in [3.8, 4) is 0 Å². The molecule has 0 spiro atoms. The van der Waals surface area contributed by atoms with Crippen molar-refractivity contribution in [1.82, 2.24) is 0 Å². The number of fused-ring (bicyclic) bond motifs is 1. The van der Waals surface area contributed by atoms with Crippen molar-refractivity contribution in [3.05, 3.63) is 59.2 Å². The lowest BCUT2D eigenvalue weighted by Gasteiger charge is -2.19. The van der Waals surface area contributed by atoms with Crippen molar-refractivity contribution >= 4 is 34.9 Å². The number of carbonyl (C=O) groups excluding carboxylic acids is 3. The minimum Gasteiger partial charge on any atom is -0.462 e. The lowest BCUT2D eigenvalue weighted by atomic mass is 9.93. The van der Waals surface area contributed by atoms with Gasteiger partial charge in [0.1, 0.15) is 11.5 Å². The standard InChI is InChI=1S/C25H28N2O5/c1-6-19(26-17-11-8-15(9-12-17)24(30)32-25(3,4)5)21-18-13-10-16(23(29)31-7-2)14-20(18)27-22(21)28/h8-14,21H,6-7H2,1-5H3,(H,27,28). The Morgan fingerprint density at radius 3 is 2.25 bits per heavy atom. The predicted molar refractivity (Wildman–Crippen MR) is 123 cm³/mol. The Hall–Kier alpha value is -3.48. The van der Waals surface area contributed by atoms with Crippen molar-refractivity contribution < 1.29 is 23.9 Å². The first-order valence-corrected chi connectivity index (χ1v) is 10.7. The monoisotopic (exact) mass is 436 g/mol. The average Bonchev–Trinajstić information content (AvgIpc) is 3.06. The van der Waals surface area contributed by atoms with E-state index in [1.54, 1.807) is 49.4 Å². The summed E-state index contributed by atoms with van der Waals surface area (Å²) in [7, 11) is 0. The Kier molecular flexibility index (Phi) is 6.77. The fourth-order valence-electron chi connectivity index (χ4n) is 3.46. The molecule has 2 aromatic carbocycles. The van der Waals surface area contributed by atoms with Crippen LogP contribution in [0.4, 0.5) is 11.4 Å². The average molecular weight is 437 g/mol. The molecule has 1 unspecified atom stereocenters. The van der Waals surface area contributed by atoms with Crippen LogP contribution in [-0.2, 0) is 14.3 Å². The number of ether oxygens (including phenoxy) is 2. The minimum atomic E-state index is -0.570. The molecular formula is C25H28N2O5. The van der Waals surface area contributed by atoms with Crippen LogP contribution >= 0.6 is 0 Å². The zero-order chi connectivity index (χ0) is 23.5. The number of nitrogens with zero attached hydrogens (tertiary/aromatic N) is 1. The molecule has 0 bridgehead atoms. The highest BCUT2D eigenvalue weighted by atomic mass is 16.6. The Morgan fingerprint density at radius 2 is 1.66 bits per heavy atom. The first-order valence-electron chi connectivity index (χ1n) is 10.7. The molecule has 32 heavy (non-hydrogen) atoms. The minimum absolute atomic E-state index is 0.188. The van der Waals surface area contributed by atoms with Crippen molar-refractivity contribution in [2.45, 2.75) is 52.6 Å². The molecule has 0 saturated heterocycles. The Morgan fingerprint density at radius 1 is 1.00 bits per heavy atom. The largest absolute Gasteiger partial charge is 0.462 e. The number of amides is 1. The van der Waals surface area contributed by atoms with Crippen LogP contribution in [-0.4, -0.2) is 35.8 Å². The molecule has 0 aliphatic carbocycles. The van der Waals surface area contributed by atoms with E-state index < -0.39 is 23.5 Å². The summed E-state index contributed by atoms with van der Waals surface area (Å²) in [5.74, 6) is -1.56. The number of hydrogen-bond donors (Lipinski definition) is 1. The summed E-state index contributed by atoms with van der Waals surface area (Å²) in [6.07, 6.45) is 0.560. The highest BCUT2D eigenvalue weighted by molar-refractivity contribution is 6.19. The van der Waals surface area contributed by atoms with Crippen LogP contribution in [0.15, 0.2) is 47.5 Å². The second-order valence-electron chi connectivity index (χ2n) is 8.45. The molecule has 7 heteroatoms. The van der Waals surface area contributed by atoms with Gasteiger partial charge in [0.15, 0.2) is 0 Å². The fourth-order valence-corrected chi connectivity index (χ4v) is 3.46. The molecule has 0 fully saturated rings. The molecule has 0 aromatic heterocycles. The van der Waals surface area contributed by atoms with Gasteiger partial charge in [-0.3, -0.25) is 9.79 Å². The van der Waals surface area contributed by atoms with Crippen LogP contribution in [0.25, 0.3) is 0 Å². The summed E-state index contributed by atoms with van der Waals surface area (Å²) in [5.41, 5.74) is 2.95. The van der Waals surface area contributed by atoms with Gasteiger partial charge < -0.3 is 14.8 Å². The number of carbonyl (C=O) groups is 3. The normalized spacial score (nSPS) is 15.7. The third-order valence-electron chi connectivity index (χ3n) is 4.87. The van der Waals surface area contributed by atoms with Gasteiger partial charge in [-0.15, -0.1) is 0 Å². The molecule has 1 atom stereocenters. The number of benzene rings is 2. The molecule has 3 rings (SSSR count). The first-order chi connectivity index (χ1) is 15.1. The van der Waals surface area contributed by atoms with E-state index in [0.29, 0.717) is 34.6 Å². The number of anilines is 1. The van der Waals surface area contributed by atoms with E-state index in [1.165, 1.54) is 0 Å². The number of hydrogen-bond acceptors (Lipinski definition) is 6. The van der Waals surface area contributed by atoms with Crippen LogP contribution in [0.1, 0.15) is 73.2 Å². The second kappa shape index (κ2) is 9.34. The van der Waals surface area contributed by atoms with Gasteiger partial charge in [0.05, 0.1) is 23.4 Å². The van der Waals surface area contributed by atoms with Crippen molar-refractivity contribution in [1.29, 1.82) is 0 Å². The molecular weight excluding hydrogens is 408 g/mol. The summed E-state index contributed by atoms with van der Waals surface area (Å²) >= 11 is 0. The molecule has 1 amide bonds. The topological polar surface area (TPSA) is 94.1 Å². The SMILES string of the molecule is CCOC(=O)c1ccc2c(c1)NC(=O)C2C(CC)=Nc1ccc(C(=O)OC(C)(C)C)cc1. The van der Waals surface area contributed by atoms with Crippen molar-refractivity contribution in [2.75, 3.05) is 11.9 Å². The third-order valence-corrected chi connectivity index (χ3v) is 4.87. The molecule has 0 radical (unpaired) electrons. The quantitative estimate of drug-likeness (QED) is 0.506. The summed E-state index contributed by atoms with van der Waals surface area (Å²) in [6.45, 7) is 9.41. The molecule has 168 valence electrons. The zero-order valence-electron chi connectivity index (χ0n) is 19.0. The molecule has 1 heterocycles. The molecule has 1 aliphatic rings. The van der Waals surface area contributed by atoms with Gasteiger partial charge in [-0.1, -0.05) is 13.0 Å². The summed E-state index contributed by atoms with van der Waals surface area (Å²) < 4.78 is 10.4. The maximum absolute atomic E-state index is 12.7. The van der Waals surface area contributed by atoms with Crippen LogP contribution in [0, 0.1) is 0 Å². The number of rotatable bonds is 6. The second-order valence-corrected chi connectivity index (χ2v) is 8.45. The van der Waals surface area contributed by atoms with E-state index >= 15 is 0 Å². The highest BCUT2D eigenvalue weighted by Crippen LogP contribution is 2.36. The Bertz CT molecular complexity index is 1060. The van der Waals surface area contributed by atoms with Crippen molar-refractivity contribution in [3.63, 3.8) is 0 Å². The van der Waals surface area contributed by atoms with Gasteiger partial charge in [0, 0.05) is 11.4 Å². The lowest BCUT2D eigenvalue weighted by molar-refractivity contribution is -0.115. The van der Waals surface area contributed by atoms with Gasteiger partial charge in [-0.2, -0.15) is 0 Å². The van der Waals surface area contributed by atoms with Crippen LogP contribution in [0.5, 0.6) is 0 Å². The summed E-state index contributed by atoms with van der Waals surface area (Å²) in [6, 6.07) is 11.8. The third kappa shape index (κ3) is 5.22. The molecule has 1 N–H and O–H groups in total. The molecule has 7 nitrogen and oxygen atoms in total. The highest BCUT2D eigenvalue weighted by Gasteiger charge is 2.34. The maximum Gasteiger partial charge on any atom is 0.338 e. The fraction of sp³-hybridized carbons (Fsp3) is 0.360. The van der Waals surface area contributed by atoms with E-state index in [2.05, 4.69) is 10.3 Å². The predicted octanol–water partition coefficient (Wildman–Crippen LogP) is 5.04. The van der Waals surface area contributed by atoms with E-state index in [-0.39, 0.29) is 12.5 Å². The Labute approximate surface area is 187 Å². The van der Waals surface area contributed by atoms with Gasteiger partial charge in [-0.05, 0) is 76.1 Å². The number of esters is 2. The van der Waals surface area contributed by atoms with E-state index in [4.69, 9.17) is 9.47 Å². The molecule has 2 aromatic rings. The smallest absolute Gasteiger partial charge is 0.338 e. The lowest BCUT2D eigenvalue weighted by Crippen LogP contribution is -2.23. The van der Waals surface area contributed by atoms with Gasteiger partial charge >= 0.3 is 11.9 Å². The van der Waals surface area contributed by atoms with Crippen molar-refractivity contribution in [2.24, 2.45) is 4.99 Å². The van der Waals surface area contributed by atoms with Crippen LogP contribution < -0.4 is 5.32 Å². The molecule has 0 saturated carbocycles. The molecule has 1 aliphatic heterocycles. The maximum atomic E-state index is 12.7. The summed E-state index contributed by atoms with van der Waals surface area (Å²) in [5, 5.41) is 2.84. The summed E-state index contributed by atoms with van der Waals surface area (Å²) in [4.78, 5) is 41.6. The number of nitrogens with one attached hydrogen (secondary N) is 1. The Balaban J connectivity index is 1.85. The van der Waals surface area contributed by atoms with Gasteiger partial charge in [-0.25, -0.2) is 9.59 Å². The van der Waals surface area contributed by atoms with Gasteiger partial charge in [0.2, 0.25) is 5.91 Å². The van der Waals surface area contributed by atoms with Gasteiger partial charge in [0.25, 0.3) is 0 Å². The van der Waals surface area contributed by atoms with E-state index in [0.717, 1.165) is 5.56 Å². The first kappa shape index (κ1) is 23.2. The van der Waals surface area contributed by atoms with E-state index in [9.17, 15) is 14.4 Å². The van der Waals surface area contributed by atoms with E-state index in [1.807, 2.05) is 27.7 Å². The van der Waals surface area contributed by atoms with Crippen LogP contribution in [0.3, 0.4) is 0 Å². The zero-order valence-corrected chi connectivity index (χ0v) is 19.0. The van der Waals surface area contributed by atoms with Crippen LogP contribution in [0.2, 0.25) is 0 Å². The number of aliphatic imine (C=N–C) groups is 1.